The van der Waals surface area contributed by atoms with E-state index in [0.717, 1.165) is 52.2 Å². The largest absolute Gasteiger partial charge is 0.377 e. The molecule has 5 nitrogen and oxygen atoms in total. The monoisotopic (exact) mass is 241 g/mol. The zero-order valence-electron chi connectivity index (χ0n) is 10.6. The van der Waals surface area contributed by atoms with Crippen molar-refractivity contribution in [1.82, 2.24) is 15.5 Å². The summed E-state index contributed by atoms with van der Waals surface area (Å²) >= 11 is 0. The van der Waals surface area contributed by atoms with Crippen molar-refractivity contribution < 1.29 is 9.53 Å². The highest BCUT2D eigenvalue weighted by molar-refractivity contribution is 5.82. The first-order valence-corrected chi connectivity index (χ1v) is 6.65. The van der Waals surface area contributed by atoms with Crippen LogP contribution in [-0.2, 0) is 9.53 Å². The van der Waals surface area contributed by atoms with Gasteiger partial charge in [0.05, 0.1) is 12.1 Å². The lowest BCUT2D eigenvalue weighted by atomic mass is 10.1. The summed E-state index contributed by atoms with van der Waals surface area (Å²) in [4.78, 5) is 14.2. The van der Waals surface area contributed by atoms with Crippen molar-refractivity contribution in [2.45, 2.75) is 31.9 Å². The van der Waals surface area contributed by atoms with Crippen LogP contribution >= 0.6 is 0 Å². The molecule has 0 aromatic rings. The van der Waals surface area contributed by atoms with Crippen LogP contribution in [0.2, 0.25) is 0 Å². The van der Waals surface area contributed by atoms with Crippen LogP contribution in [-0.4, -0.2) is 62.3 Å². The van der Waals surface area contributed by atoms with E-state index < -0.39 is 0 Å². The molecule has 1 amide bonds. The van der Waals surface area contributed by atoms with E-state index in [-0.39, 0.29) is 18.1 Å². The molecule has 0 spiro atoms. The third kappa shape index (κ3) is 3.40. The normalized spacial score (nSPS) is 30.3. The van der Waals surface area contributed by atoms with E-state index in [1.54, 1.807) is 0 Å². The molecule has 0 bridgehead atoms. The summed E-state index contributed by atoms with van der Waals surface area (Å²) in [6, 6.07) is -0.0517. The van der Waals surface area contributed by atoms with Gasteiger partial charge >= 0.3 is 0 Å². The van der Waals surface area contributed by atoms with Gasteiger partial charge in [-0.25, -0.2) is 0 Å². The third-order valence-electron chi connectivity index (χ3n) is 3.43. The predicted molar refractivity (Wildman–Crippen MR) is 65.9 cm³/mol. The van der Waals surface area contributed by atoms with Gasteiger partial charge in [0, 0.05) is 39.3 Å². The number of hydrogen-bond donors (Lipinski definition) is 2. The van der Waals surface area contributed by atoms with Gasteiger partial charge in [0.25, 0.3) is 0 Å². The molecule has 0 radical (unpaired) electrons. The van der Waals surface area contributed by atoms with Crippen LogP contribution in [0.5, 0.6) is 0 Å². The zero-order valence-corrected chi connectivity index (χ0v) is 10.6. The fourth-order valence-corrected chi connectivity index (χ4v) is 2.56. The number of likely N-dealkylation sites (tertiary alicyclic amines) is 1. The topological polar surface area (TPSA) is 53.6 Å². The van der Waals surface area contributed by atoms with E-state index in [4.69, 9.17) is 4.74 Å². The number of nitrogens with one attached hydrogen (secondary N) is 2. The minimum Gasteiger partial charge on any atom is -0.377 e. The van der Waals surface area contributed by atoms with Gasteiger partial charge in [-0.2, -0.15) is 0 Å². The summed E-state index contributed by atoms with van der Waals surface area (Å²) in [6.07, 6.45) is 2.36. The Balaban J connectivity index is 1.85. The number of ether oxygens (including phenoxy) is 1. The predicted octanol–water partition coefficient (Wildman–Crippen LogP) is -0.425. The molecule has 2 atom stereocenters. The summed E-state index contributed by atoms with van der Waals surface area (Å²) in [5, 5.41) is 6.52. The maximum absolute atomic E-state index is 12.3. The highest BCUT2D eigenvalue weighted by Crippen LogP contribution is 2.14. The molecule has 0 aromatic carbocycles. The van der Waals surface area contributed by atoms with Crippen molar-refractivity contribution in [3.63, 3.8) is 0 Å². The molecule has 2 N–H and O–H groups in total. The fraction of sp³-hybridized carbons (Fsp3) is 0.917. The molecule has 98 valence electrons. The van der Waals surface area contributed by atoms with Crippen LogP contribution < -0.4 is 10.6 Å². The van der Waals surface area contributed by atoms with E-state index >= 15 is 0 Å². The summed E-state index contributed by atoms with van der Waals surface area (Å²) in [7, 11) is 0. The van der Waals surface area contributed by atoms with Gasteiger partial charge in [0.2, 0.25) is 5.91 Å². The number of amides is 1. The van der Waals surface area contributed by atoms with E-state index in [9.17, 15) is 4.79 Å². The quantitative estimate of drug-likeness (QED) is 0.704. The van der Waals surface area contributed by atoms with E-state index in [0.29, 0.717) is 0 Å². The molecule has 2 saturated heterocycles. The number of carbonyl (C=O) groups is 1. The third-order valence-corrected chi connectivity index (χ3v) is 3.43. The molecular formula is C12H23N3O2. The van der Waals surface area contributed by atoms with Crippen LogP contribution in [0.25, 0.3) is 0 Å². The van der Waals surface area contributed by atoms with Gasteiger partial charge in [-0.1, -0.05) is 0 Å². The number of hydrogen-bond acceptors (Lipinski definition) is 4. The van der Waals surface area contributed by atoms with E-state index in [2.05, 4.69) is 10.6 Å². The number of nitrogens with zero attached hydrogens (tertiary/aromatic N) is 1. The Hall–Kier alpha value is -0.650. The van der Waals surface area contributed by atoms with Crippen molar-refractivity contribution in [2.24, 2.45) is 0 Å². The van der Waals surface area contributed by atoms with Gasteiger partial charge in [0.1, 0.15) is 0 Å². The minimum atomic E-state index is -0.0517. The molecule has 2 aliphatic rings. The summed E-state index contributed by atoms with van der Waals surface area (Å²) < 4.78 is 5.62. The Morgan fingerprint density at radius 3 is 3.06 bits per heavy atom. The van der Waals surface area contributed by atoms with Crippen molar-refractivity contribution in [3.8, 4) is 0 Å². The molecule has 2 rings (SSSR count). The molecule has 2 heterocycles. The highest BCUT2D eigenvalue weighted by Gasteiger charge is 2.29. The molecular weight excluding hydrogens is 218 g/mol. The average Bonchev–Trinajstić information content (AvgIpc) is 2.40. The van der Waals surface area contributed by atoms with Gasteiger partial charge in [-0.15, -0.1) is 0 Å². The maximum atomic E-state index is 12.3. The van der Waals surface area contributed by atoms with Crippen molar-refractivity contribution in [2.75, 3.05) is 39.3 Å². The minimum absolute atomic E-state index is 0.0517. The van der Waals surface area contributed by atoms with Crippen molar-refractivity contribution in [3.05, 3.63) is 0 Å². The first-order valence-electron chi connectivity index (χ1n) is 6.65. The molecule has 0 aliphatic carbocycles. The lowest BCUT2D eigenvalue weighted by Crippen LogP contribution is -2.58. The molecule has 0 saturated carbocycles. The Kier molecular flexibility index (Phi) is 4.76. The van der Waals surface area contributed by atoms with E-state index in [1.165, 1.54) is 0 Å². The molecule has 0 aromatic heterocycles. The molecule has 2 aliphatic heterocycles. The fourth-order valence-electron chi connectivity index (χ4n) is 2.56. The number of piperidine rings is 1. The maximum Gasteiger partial charge on any atom is 0.241 e. The second-order valence-corrected chi connectivity index (χ2v) is 4.71. The Bertz CT molecular complexity index is 252. The summed E-state index contributed by atoms with van der Waals surface area (Å²) in [6.45, 7) is 6.94. The number of carbonyl (C=O) groups excluding carboxylic acids is 1. The van der Waals surface area contributed by atoms with Crippen molar-refractivity contribution in [1.29, 1.82) is 0 Å². The molecule has 2 fully saturated rings. The summed E-state index contributed by atoms with van der Waals surface area (Å²) in [5.74, 6) is 0.224. The zero-order chi connectivity index (χ0) is 12.1. The second-order valence-electron chi connectivity index (χ2n) is 4.71. The molecule has 5 heteroatoms. The number of rotatable bonds is 3. The van der Waals surface area contributed by atoms with Crippen LogP contribution in [0.1, 0.15) is 19.8 Å². The molecule has 2 unspecified atom stereocenters. The number of piperazine rings is 1. The van der Waals surface area contributed by atoms with E-state index in [1.807, 2.05) is 11.8 Å². The Morgan fingerprint density at radius 1 is 1.47 bits per heavy atom. The summed E-state index contributed by atoms with van der Waals surface area (Å²) in [5.41, 5.74) is 0. The van der Waals surface area contributed by atoms with Crippen molar-refractivity contribution >= 4 is 5.91 Å². The van der Waals surface area contributed by atoms with Crippen LogP contribution in [0.4, 0.5) is 0 Å². The lowest BCUT2D eigenvalue weighted by molar-refractivity contribution is -0.137. The SMILES string of the molecule is CCOC1CCCN(C(=O)C2CNCCN2)C1. The highest BCUT2D eigenvalue weighted by atomic mass is 16.5. The second kappa shape index (κ2) is 6.33. The van der Waals surface area contributed by atoms with Gasteiger partial charge in [-0.05, 0) is 19.8 Å². The van der Waals surface area contributed by atoms with Gasteiger partial charge in [-0.3, -0.25) is 4.79 Å². The first kappa shape index (κ1) is 12.8. The van der Waals surface area contributed by atoms with Crippen LogP contribution in [0.15, 0.2) is 0 Å². The van der Waals surface area contributed by atoms with Gasteiger partial charge < -0.3 is 20.3 Å². The van der Waals surface area contributed by atoms with Gasteiger partial charge in [0.15, 0.2) is 0 Å². The lowest BCUT2D eigenvalue weighted by Gasteiger charge is -2.36. The standard InChI is InChI=1S/C12H23N3O2/c1-2-17-10-4-3-7-15(9-10)12(16)11-8-13-5-6-14-11/h10-11,13-14H,2-9H2,1H3. The first-order chi connectivity index (χ1) is 8.31. The Morgan fingerprint density at radius 2 is 2.35 bits per heavy atom. The molecule has 17 heavy (non-hydrogen) atoms. The average molecular weight is 241 g/mol. The smallest absolute Gasteiger partial charge is 0.241 e. The Labute approximate surface area is 103 Å². The van der Waals surface area contributed by atoms with Crippen LogP contribution in [0, 0.1) is 0 Å². The van der Waals surface area contributed by atoms with Crippen LogP contribution in [0.3, 0.4) is 0 Å².